The van der Waals surface area contributed by atoms with Crippen LogP contribution in [-0.2, 0) is 4.79 Å². The molecule has 0 aromatic rings. The predicted octanol–water partition coefficient (Wildman–Crippen LogP) is 3.89. The smallest absolute Gasteiger partial charge is 0.328 e. The molecule has 0 bridgehead atoms. The largest absolute Gasteiger partial charge is 0.478 e. The van der Waals surface area contributed by atoms with Gasteiger partial charge < -0.3 is 10.4 Å². The third-order valence-corrected chi connectivity index (χ3v) is 3.89. The van der Waals surface area contributed by atoms with Crippen LogP contribution < -0.4 is 5.32 Å². The second-order valence-electron chi connectivity index (χ2n) is 5.61. The highest BCUT2D eigenvalue weighted by Gasteiger charge is 2.07. The molecule has 0 radical (unpaired) electrons. The summed E-state index contributed by atoms with van der Waals surface area (Å²) in [5.41, 5.74) is 0. The standard InChI is InChI=1S/C16H29NO2/c18-16(19)13-10-14-17-15-11-8-6-4-2-1-3-5-7-9-12-15/h10,13,15,17H,1-9,11-12,14H2,(H,18,19)/b13-10+. The second-order valence-corrected chi connectivity index (χ2v) is 5.61. The van der Waals surface area contributed by atoms with E-state index < -0.39 is 5.97 Å². The highest BCUT2D eigenvalue weighted by atomic mass is 16.4. The number of carboxylic acids is 1. The number of hydrogen-bond acceptors (Lipinski definition) is 2. The van der Waals surface area contributed by atoms with Crippen LogP contribution in [0.3, 0.4) is 0 Å². The highest BCUT2D eigenvalue weighted by molar-refractivity contribution is 5.79. The van der Waals surface area contributed by atoms with Crippen LogP contribution in [0.5, 0.6) is 0 Å². The summed E-state index contributed by atoms with van der Waals surface area (Å²) in [6.45, 7) is 0.678. The summed E-state index contributed by atoms with van der Waals surface area (Å²) in [7, 11) is 0. The fourth-order valence-electron chi connectivity index (χ4n) is 2.76. The SMILES string of the molecule is O=C(O)/C=C/CNC1CCCCCCCCCCC1. The van der Waals surface area contributed by atoms with Crippen molar-refractivity contribution in [1.82, 2.24) is 5.32 Å². The summed E-state index contributed by atoms with van der Waals surface area (Å²) in [4.78, 5) is 10.4. The molecule has 1 fully saturated rings. The molecule has 1 rings (SSSR count). The van der Waals surface area contributed by atoms with Gasteiger partial charge in [-0.25, -0.2) is 4.79 Å². The Morgan fingerprint density at radius 3 is 1.89 bits per heavy atom. The Morgan fingerprint density at radius 2 is 1.42 bits per heavy atom. The number of aliphatic carboxylic acids is 1. The molecule has 0 amide bonds. The van der Waals surface area contributed by atoms with Crippen molar-refractivity contribution in [3.8, 4) is 0 Å². The normalized spacial score (nSPS) is 20.8. The van der Waals surface area contributed by atoms with E-state index in [0.29, 0.717) is 12.6 Å². The molecule has 3 nitrogen and oxygen atoms in total. The minimum absolute atomic E-state index is 0.567. The minimum atomic E-state index is -0.861. The van der Waals surface area contributed by atoms with Crippen LogP contribution in [0.4, 0.5) is 0 Å². The van der Waals surface area contributed by atoms with Gasteiger partial charge in [-0.1, -0.05) is 63.9 Å². The van der Waals surface area contributed by atoms with E-state index in [2.05, 4.69) is 5.32 Å². The third-order valence-electron chi connectivity index (χ3n) is 3.89. The number of rotatable bonds is 4. The van der Waals surface area contributed by atoms with Crippen molar-refractivity contribution in [2.75, 3.05) is 6.54 Å². The summed E-state index contributed by atoms with van der Waals surface area (Å²) in [6, 6.07) is 0.567. The lowest BCUT2D eigenvalue weighted by atomic mass is 9.98. The van der Waals surface area contributed by atoms with E-state index >= 15 is 0 Å². The topological polar surface area (TPSA) is 49.3 Å². The molecule has 1 aliphatic carbocycles. The van der Waals surface area contributed by atoms with E-state index in [1.54, 1.807) is 6.08 Å². The van der Waals surface area contributed by atoms with Crippen molar-refractivity contribution in [2.24, 2.45) is 0 Å². The van der Waals surface area contributed by atoms with Gasteiger partial charge in [0.25, 0.3) is 0 Å². The Balaban J connectivity index is 2.24. The maximum Gasteiger partial charge on any atom is 0.328 e. The molecule has 19 heavy (non-hydrogen) atoms. The van der Waals surface area contributed by atoms with Crippen molar-refractivity contribution >= 4 is 5.97 Å². The Bertz CT molecular complexity index is 251. The zero-order chi connectivity index (χ0) is 13.8. The van der Waals surface area contributed by atoms with Gasteiger partial charge in [-0.3, -0.25) is 0 Å². The van der Waals surface area contributed by atoms with Gasteiger partial charge in [0.1, 0.15) is 0 Å². The maximum atomic E-state index is 10.4. The Kier molecular flexibility index (Phi) is 9.42. The number of carbonyl (C=O) groups is 1. The summed E-state index contributed by atoms with van der Waals surface area (Å²) >= 11 is 0. The zero-order valence-corrected chi connectivity index (χ0v) is 12.1. The summed E-state index contributed by atoms with van der Waals surface area (Å²) in [6.07, 6.45) is 17.7. The lowest BCUT2D eigenvalue weighted by Gasteiger charge is -2.18. The molecular formula is C16H29NO2. The number of nitrogens with one attached hydrogen (secondary N) is 1. The zero-order valence-electron chi connectivity index (χ0n) is 12.1. The van der Waals surface area contributed by atoms with Gasteiger partial charge in [-0.05, 0) is 12.8 Å². The average molecular weight is 267 g/mol. The molecular weight excluding hydrogens is 238 g/mol. The molecule has 2 N–H and O–H groups in total. The minimum Gasteiger partial charge on any atom is -0.478 e. The molecule has 0 atom stereocenters. The fraction of sp³-hybridized carbons (Fsp3) is 0.812. The van der Waals surface area contributed by atoms with Gasteiger partial charge in [0.15, 0.2) is 0 Å². The van der Waals surface area contributed by atoms with Gasteiger partial charge in [-0.2, -0.15) is 0 Å². The van der Waals surface area contributed by atoms with Crippen molar-refractivity contribution in [3.05, 3.63) is 12.2 Å². The van der Waals surface area contributed by atoms with E-state index in [1.807, 2.05) is 0 Å². The Hall–Kier alpha value is -0.830. The Labute approximate surface area is 117 Å². The van der Waals surface area contributed by atoms with E-state index in [0.717, 1.165) is 0 Å². The molecule has 0 aromatic carbocycles. The van der Waals surface area contributed by atoms with Crippen LogP contribution in [0.1, 0.15) is 70.6 Å². The molecule has 0 saturated heterocycles. The van der Waals surface area contributed by atoms with Crippen LogP contribution >= 0.6 is 0 Å². The maximum absolute atomic E-state index is 10.4. The van der Waals surface area contributed by atoms with Crippen molar-refractivity contribution in [1.29, 1.82) is 0 Å². The molecule has 1 aliphatic rings. The molecule has 0 spiro atoms. The summed E-state index contributed by atoms with van der Waals surface area (Å²) in [5.74, 6) is -0.861. The lowest BCUT2D eigenvalue weighted by Crippen LogP contribution is -2.29. The van der Waals surface area contributed by atoms with Crippen molar-refractivity contribution in [3.63, 3.8) is 0 Å². The molecule has 110 valence electrons. The molecule has 0 heterocycles. The van der Waals surface area contributed by atoms with Gasteiger partial charge in [0.05, 0.1) is 0 Å². The van der Waals surface area contributed by atoms with Crippen molar-refractivity contribution < 1.29 is 9.90 Å². The molecule has 3 heteroatoms. The quantitative estimate of drug-likeness (QED) is 0.760. The molecule has 1 saturated carbocycles. The fourth-order valence-corrected chi connectivity index (χ4v) is 2.76. The second kappa shape index (κ2) is 11.0. The van der Waals surface area contributed by atoms with Crippen LogP contribution in [-0.4, -0.2) is 23.7 Å². The third kappa shape index (κ3) is 9.71. The monoisotopic (exact) mass is 267 g/mol. The molecule has 0 aromatic heterocycles. The van der Waals surface area contributed by atoms with Crippen LogP contribution in [0.15, 0.2) is 12.2 Å². The van der Waals surface area contributed by atoms with Gasteiger partial charge >= 0.3 is 5.97 Å². The summed E-state index contributed by atoms with van der Waals surface area (Å²) < 4.78 is 0. The van der Waals surface area contributed by atoms with E-state index in [1.165, 1.54) is 76.7 Å². The highest BCUT2D eigenvalue weighted by Crippen LogP contribution is 2.16. The molecule has 0 unspecified atom stereocenters. The van der Waals surface area contributed by atoms with E-state index in [9.17, 15) is 4.79 Å². The van der Waals surface area contributed by atoms with Crippen LogP contribution in [0.2, 0.25) is 0 Å². The van der Waals surface area contributed by atoms with Crippen LogP contribution in [0, 0.1) is 0 Å². The van der Waals surface area contributed by atoms with Crippen LogP contribution in [0.25, 0.3) is 0 Å². The average Bonchev–Trinajstić information content (AvgIpc) is 2.36. The van der Waals surface area contributed by atoms with E-state index in [4.69, 9.17) is 5.11 Å². The first-order valence-electron chi connectivity index (χ1n) is 7.92. The lowest BCUT2D eigenvalue weighted by molar-refractivity contribution is -0.131. The molecule has 0 aliphatic heterocycles. The van der Waals surface area contributed by atoms with Gasteiger partial charge in [0.2, 0.25) is 0 Å². The first-order chi connectivity index (χ1) is 9.29. The van der Waals surface area contributed by atoms with E-state index in [-0.39, 0.29) is 0 Å². The summed E-state index contributed by atoms with van der Waals surface area (Å²) in [5, 5.41) is 12.0. The number of carboxylic acid groups (broad SMARTS) is 1. The Morgan fingerprint density at radius 1 is 0.947 bits per heavy atom. The first kappa shape index (κ1) is 16.2. The predicted molar refractivity (Wildman–Crippen MR) is 79.4 cm³/mol. The van der Waals surface area contributed by atoms with Gasteiger partial charge in [0, 0.05) is 18.7 Å². The number of hydrogen-bond donors (Lipinski definition) is 2. The van der Waals surface area contributed by atoms with Crippen molar-refractivity contribution in [2.45, 2.75) is 76.7 Å². The first-order valence-corrected chi connectivity index (χ1v) is 7.92. The van der Waals surface area contributed by atoms with Gasteiger partial charge in [-0.15, -0.1) is 0 Å².